The fourth-order valence-corrected chi connectivity index (χ4v) is 2.85. The van der Waals surface area contributed by atoms with Crippen LogP contribution in [-0.2, 0) is 19.5 Å². The van der Waals surface area contributed by atoms with E-state index in [9.17, 15) is 0 Å². The van der Waals surface area contributed by atoms with Gasteiger partial charge in [0, 0.05) is 31.4 Å². The number of aromatic nitrogens is 2. The SMILES string of the molecule is CCC(C)NC(=NCc1ccccc1Cn1cccn1)NCCc1ccco1.I. The molecule has 1 unspecified atom stereocenters. The van der Waals surface area contributed by atoms with Gasteiger partial charge in [0.25, 0.3) is 0 Å². The van der Waals surface area contributed by atoms with E-state index in [-0.39, 0.29) is 24.0 Å². The summed E-state index contributed by atoms with van der Waals surface area (Å²) in [5, 5.41) is 11.2. The van der Waals surface area contributed by atoms with Crippen molar-refractivity contribution in [3.05, 3.63) is 78.0 Å². The number of halogens is 1. The molecule has 2 N–H and O–H groups in total. The summed E-state index contributed by atoms with van der Waals surface area (Å²) < 4.78 is 7.34. The summed E-state index contributed by atoms with van der Waals surface area (Å²) in [6.07, 6.45) is 7.35. The molecule has 3 rings (SSSR count). The van der Waals surface area contributed by atoms with Crippen LogP contribution in [0.15, 0.2) is 70.5 Å². The average Bonchev–Trinajstić information content (AvgIpc) is 3.41. The maximum Gasteiger partial charge on any atom is 0.191 e. The summed E-state index contributed by atoms with van der Waals surface area (Å²) in [7, 11) is 0. The van der Waals surface area contributed by atoms with Gasteiger partial charge in [-0.3, -0.25) is 4.68 Å². The molecule has 6 nitrogen and oxygen atoms in total. The Balaban J connectivity index is 0.00000300. The first-order valence-electron chi connectivity index (χ1n) is 9.86. The van der Waals surface area contributed by atoms with Crippen molar-refractivity contribution in [3.63, 3.8) is 0 Å². The third kappa shape index (κ3) is 7.56. The van der Waals surface area contributed by atoms with E-state index in [4.69, 9.17) is 9.41 Å². The summed E-state index contributed by atoms with van der Waals surface area (Å²) in [5.41, 5.74) is 2.43. The minimum Gasteiger partial charge on any atom is -0.469 e. The maximum absolute atomic E-state index is 5.40. The Kier molecular flexibility index (Phi) is 9.76. The zero-order valence-electron chi connectivity index (χ0n) is 17.0. The van der Waals surface area contributed by atoms with Gasteiger partial charge in [0.05, 0.1) is 19.4 Å². The molecule has 0 radical (unpaired) electrons. The Labute approximate surface area is 189 Å². The van der Waals surface area contributed by atoms with Crippen molar-refractivity contribution in [3.8, 4) is 0 Å². The Morgan fingerprint density at radius 1 is 1.17 bits per heavy atom. The standard InChI is InChI=1S/C22H29N5O.HI/c1-3-18(2)26-22(23-13-11-21-10-6-15-28-21)24-16-19-8-4-5-9-20(19)17-27-14-7-12-25-27;/h4-10,12,14-15,18H,3,11,13,16-17H2,1-2H3,(H2,23,24,26);1H. The second-order valence-electron chi connectivity index (χ2n) is 6.85. The van der Waals surface area contributed by atoms with Crippen LogP contribution in [-0.4, -0.2) is 28.3 Å². The summed E-state index contributed by atoms with van der Waals surface area (Å²) >= 11 is 0. The summed E-state index contributed by atoms with van der Waals surface area (Å²) in [4.78, 5) is 4.82. The fourth-order valence-electron chi connectivity index (χ4n) is 2.85. The van der Waals surface area contributed by atoms with Crippen LogP contribution in [0.2, 0.25) is 0 Å². The molecule has 0 saturated carbocycles. The van der Waals surface area contributed by atoms with E-state index >= 15 is 0 Å². The first-order chi connectivity index (χ1) is 13.7. The van der Waals surface area contributed by atoms with Crippen molar-refractivity contribution >= 4 is 29.9 Å². The lowest BCUT2D eigenvalue weighted by Gasteiger charge is -2.17. The predicted molar refractivity (Wildman–Crippen MR) is 128 cm³/mol. The van der Waals surface area contributed by atoms with Gasteiger partial charge in [0.15, 0.2) is 5.96 Å². The molecule has 0 amide bonds. The Morgan fingerprint density at radius 3 is 2.69 bits per heavy atom. The van der Waals surface area contributed by atoms with Gasteiger partial charge in [-0.05, 0) is 42.7 Å². The van der Waals surface area contributed by atoms with Crippen LogP contribution < -0.4 is 10.6 Å². The van der Waals surface area contributed by atoms with E-state index in [0.29, 0.717) is 12.6 Å². The van der Waals surface area contributed by atoms with Crippen LogP contribution in [0.4, 0.5) is 0 Å². The minimum atomic E-state index is 0. The molecule has 156 valence electrons. The number of benzene rings is 1. The van der Waals surface area contributed by atoms with Gasteiger partial charge in [-0.25, -0.2) is 4.99 Å². The van der Waals surface area contributed by atoms with Crippen molar-refractivity contribution < 1.29 is 4.42 Å². The lowest BCUT2D eigenvalue weighted by atomic mass is 10.1. The van der Waals surface area contributed by atoms with Crippen LogP contribution in [0.5, 0.6) is 0 Å². The van der Waals surface area contributed by atoms with E-state index < -0.39 is 0 Å². The highest BCUT2D eigenvalue weighted by molar-refractivity contribution is 14.0. The fraction of sp³-hybridized carbons (Fsp3) is 0.364. The number of furan rings is 1. The zero-order chi connectivity index (χ0) is 19.6. The summed E-state index contributed by atoms with van der Waals surface area (Å²) in [5.74, 6) is 1.80. The van der Waals surface area contributed by atoms with Crippen LogP contribution in [0.25, 0.3) is 0 Å². The molecule has 2 aromatic heterocycles. The molecule has 0 spiro atoms. The molecule has 2 heterocycles. The number of hydrogen-bond acceptors (Lipinski definition) is 3. The molecule has 0 bridgehead atoms. The van der Waals surface area contributed by atoms with Crippen molar-refractivity contribution in [1.29, 1.82) is 0 Å². The molecule has 7 heteroatoms. The molecule has 1 atom stereocenters. The van der Waals surface area contributed by atoms with E-state index in [0.717, 1.165) is 37.7 Å². The van der Waals surface area contributed by atoms with Gasteiger partial charge in [-0.1, -0.05) is 31.2 Å². The molecule has 3 aromatic rings. The Morgan fingerprint density at radius 2 is 2.00 bits per heavy atom. The Bertz CT molecular complexity index is 846. The van der Waals surface area contributed by atoms with Crippen LogP contribution >= 0.6 is 24.0 Å². The molecule has 0 aliphatic carbocycles. The monoisotopic (exact) mass is 507 g/mol. The molecule has 0 fully saturated rings. The van der Waals surface area contributed by atoms with Crippen molar-refractivity contribution in [2.75, 3.05) is 6.54 Å². The molecule has 0 saturated heterocycles. The van der Waals surface area contributed by atoms with Crippen LogP contribution in [0.3, 0.4) is 0 Å². The summed E-state index contributed by atoms with van der Waals surface area (Å²) in [6.45, 7) is 6.46. The van der Waals surface area contributed by atoms with Gasteiger partial charge in [-0.15, -0.1) is 24.0 Å². The van der Waals surface area contributed by atoms with E-state index in [1.807, 2.05) is 29.1 Å². The van der Waals surface area contributed by atoms with Gasteiger partial charge in [0.1, 0.15) is 5.76 Å². The first-order valence-corrected chi connectivity index (χ1v) is 9.86. The minimum absolute atomic E-state index is 0. The third-order valence-corrected chi connectivity index (χ3v) is 4.66. The number of nitrogens with zero attached hydrogens (tertiary/aromatic N) is 3. The highest BCUT2D eigenvalue weighted by atomic mass is 127. The smallest absolute Gasteiger partial charge is 0.191 e. The molecule has 0 aliphatic rings. The van der Waals surface area contributed by atoms with E-state index in [1.165, 1.54) is 11.1 Å². The van der Waals surface area contributed by atoms with Gasteiger partial charge < -0.3 is 15.1 Å². The molecular weight excluding hydrogens is 477 g/mol. The van der Waals surface area contributed by atoms with Crippen molar-refractivity contribution in [2.24, 2.45) is 4.99 Å². The molecular formula is C22H30IN5O. The number of nitrogens with one attached hydrogen (secondary N) is 2. The highest BCUT2D eigenvalue weighted by Gasteiger charge is 2.06. The predicted octanol–water partition coefficient (Wildman–Crippen LogP) is 4.22. The molecule has 0 aliphatic heterocycles. The van der Waals surface area contributed by atoms with Crippen LogP contribution in [0, 0.1) is 0 Å². The highest BCUT2D eigenvalue weighted by Crippen LogP contribution is 2.12. The number of rotatable bonds is 9. The topological polar surface area (TPSA) is 67.4 Å². The van der Waals surface area contributed by atoms with Crippen LogP contribution in [0.1, 0.15) is 37.2 Å². The van der Waals surface area contributed by atoms with Gasteiger partial charge in [-0.2, -0.15) is 5.10 Å². The average molecular weight is 507 g/mol. The molecule has 29 heavy (non-hydrogen) atoms. The summed E-state index contributed by atoms with van der Waals surface area (Å²) in [6, 6.07) is 14.6. The zero-order valence-corrected chi connectivity index (χ0v) is 19.4. The largest absolute Gasteiger partial charge is 0.469 e. The number of hydrogen-bond donors (Lipinski definition) is 2. The number of aliphatic imine (C=N–C) groups is 1. The van der Waals surface area contributed by atoms with Gasteiger partial charge in [0.2, 0.25) is 0 Å². The van der Waals surface area contributed by atoms with E-state index in [1.54, 1.807) is 12.5 Å². The first kappa shape index (κ1) is 23.0. The second kappa shape index (κ2) is 12.3. The molecule has 1 aromatic carbocycles. The Hall–Kier alpha value is -2.29. The second-order valence-corrected chi connectivity index (χ2v) is 6.85. The maximum atomic E-state index is 5.40. The lowest BCUT2D eigenvalue weighted by molar-refractivity contribution is 0.506. The lowest BCUT2D eigenvalue weighted by Crippen LogP contribution is -2.42. The quantitative estimate of drug-likeness (QED) is 0.259. The third-order valence-electron chi connectivity index (χ3n) is 4.66. The number of guanidine groups is 1. The normalized spacial score (nSPS) is 12.3. The van der Waals surface area contributed by atoms with Crippen molar-refractivity contribution in [2.45, 2.75) is 45.8 Å². The van der Waals surface area contributed by atoms with E-state index in [2.05, 4.69) is 53.8 Å². The van der Waals surface area contributed by atoms with Gasteiger partial charge >= 0.3 is 0 Å². The van der Waals surface area contributed by atoms with Crippen molar-refractivity contribution in [1.82, 2.24) is 20.4 Å².